The van der Waals surface area contributed by atoms with Crippen molar-refractivity contribution in [1.82, 2.24) is 5.32 Å². The molecule has 1 heterocycles. The van der Waals surface area contributed by atoms with E-state index in [1.54, 1.807) is 0 Å². The van der Waals surface area contributed by atoms with E-state index in [1.807, 2.05) is 0 Å². The van der Waals surface area contributed by atoms with Crippen LogP contribution in [0.25, 0.3) is 0 Å². The highest BCUT2D eigenvalue weighted by molar-refractivity contribution is 5.90. The number of alkyl halides is 3. The van der Waals surface area contributed by atoms with Crippen LogP contribution in [0.4, 0.5) is 13.2 Å². The molecule has 0 fully saturated rings. The average Bonchev–Trinajstić information content (AvgIpc) is 2.38. The van der Waals surface area contributed by atoms with E-state index in [4.69, 9.17) is 0 Å². The lowest BCUT2D eigenvalue weighted by atomic mass is 10.2. The zero-order valence-electron chi connectivity index (χ0n) is 10.8. The molecule has 1 unspecified atom stereocenters. The summed E-state index contributed by atoms with van der Waals surface area (Å²) in [6, 6.07) is -1.75. The fourth-order valence-corrected chi connectivity index (χ4v) is 1.35. The molecule has 0 aliphatic carbocycles. The van der Waals surface area contributed by atoms with E-state index in [1.165, 1.54) is 5.32 Å². The van der Waals surface area contributed by atoms with Gasteiger partial charge in [0.2, 0.25) is 0 Å². The second kappa shape index (κ2) is 7.52. The van der Waals surface area contributed by atoms with Crippen LogP contribution in [0.3, 0.4) is 0 Å². The maximum absolute atomic E-state index is 12.2. The molecule has 0 aromatic heterocycles. The monoisotopic (exact) mass is 307 g/mol. The Labute approximate surface area is 118 Å². The van der Waals surface area contributed by atoms with Crippen molar-refractivity contribution >= 4 is 17.8 Å². The highest BCUT2D eigenvalue weighted by Gasteiger charge is 2.41. The van der Waals surface area contributed by atoms with Crippen LogP contribution in [-0.4, -0.2) is 43.3 Å². The third kappa shape index (κ3) is 6.16. The van der Waals surface area contributed by atoms with Crippen molar-refractivity contribution in [2.24, 2.45) is 0 Å². The quantitative estimate of drug-likeness (QED) is 0.557. The number of esters is 2. The second-order valence-electron chi connectivity index (χ2n) is 3.97. The summed E-state index contributed by atoms with van der Waals surface area (Å²) in [4.78, 5) is 33.8. The summed E-state index contributed by atoms with van der Waals surface area (Å²) < 4.78 is 45.9. The first-order chi connectivity index (χ1) is 9.80. The predicted molar refractivity (Wildman–Crippen MR) is 61.5 cm³/mol. The first-order valence-electron chi connectivity index (χ1n) is 5.96. The summed E-state index contributed by atoms with van der Waals surface area (Å²) in [5.41, 5.74) is 0. The molecule has 1 aliphatic heterocycles. The largest absolute Gasteiger partial charge is 0.471 e. The molecule has 0 aromatic carbocycles. The van der Waals surface area contributed by atoms with Gasteiger partial charge in [-0.3, -0.25) is 9.59 Å². The van der Waals surface area contributed by atoms with E-state index in [-0.39, 0.29) is 26.1 Å². The highest BCUT2D eigenvalue weighted by atomic mass is 19.4. The van der Waals surface area contributed by atoms with Crippen LogP contribution >= 0.6 is 0 Å². The van der Waals surface area contributed by atoms with Crippen LogP contribution in [0, 0.1) is 11.8 Å². The molecule has 0 radical (unpaired) electrons. The van der Waals surface area contributed by atoms with Gasteiger partial charge in [0.15, 0.2) is 0 Å². The lowest BCUT2D eigenvalue weighted by Crippen LogP contribution is -2.48. The Hall–Kier alpha value is -2.24. The minimum atomic E-state index is -5.17. The SMILES string of the molecule is O=C1CC(NC(=O)C(F)(F)F)C(=O)OCCC#CCCO1. The van der Waals surface area contributed by atoms with Crippen LogP contribution in [0.5, 0.6) is 0 Å². The zero-order chi connectivity index (χ0) is 15.9. The van der Waals surface area contributed by atoms with Gasteiger partial charge in [-0.05, 0) is 0 Å². The van der Waals surface area contributed by atoms with E-state index in [0.29, 0.717) is 0 Å². The first-order valence-corrected chi connectivity index (χ1v) is 5.96. The summed E-state index contributed by atoms with van der Waals surface area (Å²) in [6.07, 6.45) is -5.45. The summed E-state index contributed by atoms with van der Waals surface area (Å²) in [5, 5.41) is 1.42. The Bertz CT molecular complexity index is 478. The fraction of sp³-hybridized carbons (Fsp3) is 0.583. The zero-order valence-corrected chi connectivity index (χ0v) is 10.8. The third-order valence-corrected chi connectivity index (χ3v) is 2.30. The smallest absolute Gasteiger partial charge is 0.465 e. The molecule has 0 saturated heterocycles. The number of hydrogen-bond acceptors (Lipinski definition) is 5. The lowest BCUT2D eigenvalue weighted by molar-refractivity contribution is -0.176. The molecule has 0 aromatic rings. The van der Waals surface area contributed by atoms with Crippen LogP contribution < -0.4 is 5.32 Å². The van der Waals surface area contributed by atoms with Crippen molar-refractivity contribution in [3.63, 3.8) is 0 Å². The summed E-state index contributed by atoms with van der Waals surface area (Å²) in [7, 11) is 0. The van der Waals surface area contributed by atoms with Gasteiger partial charge in [-0.15, -0.1) is 0 Å². The molecular weight excluding hydrogens is 295 g/mol. The molecule has 9 heteroatoms. The molecular formula is C12H12F3NO5. The second-order valence-corrected chi connectivity index (χ2v) is 3.97. The number of carbonyl (C=O) groups excluding carboxylic acids is 3. The fourth-order valence-electron chi connectivity index (χ4n) is 1.35. The van der Waals surface area contributed by atoms with Crippen molar-refractivity contribution in [2.45, 2.75) is 31.5 Å². The van der Waals surface area contributed by atoms with Crippen molar-refractivity contribution in [3.05, 3.63) is 0 Å². The molecule has 0 spiro atoms. The minimum Gasteiger partial charge on any atom is -0.465 e. The van der Waals surface area contributed by atoms with E-state index >= 15 is 0 Å². The summed E-state index contributed by atoms with van der Waals surface area (Å²) in [6.45, 7) is -0.180. The lowest BCUT2D eigenvalue weighted by Gasteiger charge is -2.17. The molecule has 116 valence electrons. The Morgan fingerprint density at radius 1 is 1.14 bits per heavy atom. The van der Waals surface area contributed by atoms with Crippen molar-refractivity contribution in [2.75, 3.05) is 13.2 Å². The molecule has 6 nitrogen and oxygen atoms in total. The molecule has 1 amide bonds. The van der Waals surface area contributed by atoms with Gasteiger partial charge >= 0.3 is 24.0 Å². The minimum absolute atomic E-state index is 0.0409. The van der Waals surface area contributed by atoms with Crippen LogP contribution in [0.2, 0.25) is 0 Å². The van der Waals surface area contributed by atoms with Crippen molar-refractivity contribution in [1.29, 1.82) is 0 Å². The van der Waals surface area contributed by atoms with Gasteiger partial charge in [0.25, 0.3) is 0 Å². The van der Waals surface area contributed by atoms with Gasteiger partial charge in [0.1, 0.15) is 19.3 Å². The van der Waals surface area contributed by atoms with E-state index in [0.717, 1.165) is 0 Å². The van der Waals surface area contributed by atoms with Crippen LogP contribution in [-0.2, 0) is 23.9 Å². The maximum Gasteiger partial charge on any atom is 0.471 e. The maximum atomic E-state index is 12.2. The van der Waals surface area contributed by atoms with Gasteiger partial charge in [0.05, 0.1) is 6.42 Å². The van der Waals surface area contributed by atoms with Crippen LogP contribution in [0.15, 0.2) is 0 Å². The number of amides is 1. The Morgan fingerprint density at radius 3 is 2.29 bits per heavy atom. The Kier molecular flexibility index (Phi) is 6.02. The van der Waals surface area contributed by atoms with Crippen molar-refractivity contribution in [3.8, 4) is 11.8 Å². The van der Waals surface area contributed by atoms with Gasteiger partial charge in [-0.25, -0.2) is 4.79 Å². The predicted octanol–water partition coefficient (Wildman–Crippen LogP) is 0.307. The standard InChI is InChI=1S/C12H12F3NO5/c13-12(14,15)11(19)16-8-7-9(17)20-5-3-1-2-4-6-21-10(8)18/h8H,3-7H2,(H,16,19). The number of hydrogen-bond donors (Lipinski definition) is 1. The van der Waals surface area contributed by atoms with E-state index in [9.17, 15) is 27.6 Å². The molecule has 1 rings (SSSR count). The van der Waals surface area contributed by atoms with E-state index < -0.39 is 36.5 Å². The number of carbonyl (C=O) groups is 3. The molecule has 1 N–H and O–H groups in total. The topological polar surface area (TPSA) is 81.7 Å². The van der Waals surface area contributed by atoms with Crippen molar-refractivity contribution < 1.29 is 37.0 Å². The van der Waals surface area contributed by atoms with Gasteiger partial charge < -0.3 is 14.8 Å². The molecule has 1 atom stereocenters. The summed E-state index contributed by atoms with van der Waals surface area (Å²) in [5.74, 6) is 0.893. The number of cyclic esters (lactones) is 2. The number of ether oxygens (including phenoxy) is 2. The number of halogens is 3. The molecule has 1 aliphatic rings. The molecule has 21 heavy (non-hydrogen) atoms. The summed E-state index contributed by atoms with van der Waals surface area (Å²) >= 11 is 0. The van der Waals surface area contributed by atoms with Gasteiger partial charge in [-0.1, -0.05) is 11.8 Å². The average molecular weight is 307 g/mol. The number of nitrogens with one attached hydrogen (secondary N) is 1. The van der Waals surface area contributed by atoms with Gasteiger partial charge in [-0.2, -0.15) is 13.2 Å². The van der Waals surface area contributed by atoms with Gasteiger partial charge in [0, 0.05) is 12.8 Å². The van der Waals surface area contributed by atoms with Crippen LogP contribution in [0.1, 0.15) is 19.3 Å². The number of rotatable bonds is 1. The third-order valence-electron chi connectivity index (χ3n) is 2.30. The highest BCUT2D eigenvalue weighted by Crippen LogP contribution is 2.15. The molecule has 0 saturated carbocycles. The normalized spacial score (nSPS) is 20.8. The first kappa shape index (κ1) is 16.8. The Balaban J connectivity index is 2.76. The molecule has 0 bridgehead atoms. The Morgan fingerprint density at radius 2 is 1.71 bits per heavy atom. The van der Waals surface area contributed by atoms with E-state index in [2.05, 4.69) is 21.3 Å².